The van der Waals surface area contributed by atoms with E-state index in [0.717, 1.165) is 36.8 Å². The molecule has 2 aromatic rings. The molecule has 5 heteroatoms. The van der Waals surface area contributed by atoms with Crippen LogP contribution in [0.4, 0.5) is 0 Å². The molecular formula is C26H32N2O3. The van der Waals surface area contributed by atoms with E-state index in [1.807, 2.05) is 12.4 Å². The molecule has 5 nitrogen and oxygen atoms in total. The summed E-state index contributed by atoms with van der Waals surface area (Å²) in [7, 11) is 0. The van der Waals surface area contributed by atoms with Crippen molar-refractivity contribution < 1.29 is 14.3 Å². The predicted molar refractivity (Wildman–Crippen MR) is 122 cm³/mol. The summed E-state index contributed by atoms with van der Waals surface area (Å²) in [5.74, 6) is 5.05. The van der Waals surface area contributed by atoms with Crippen LogP contribution in [0.15, 0.2) is 36.7 Å². The van der Waals surface area contributed by atoms with Crippen molar-refractivity contribution in [2.75, 3.05) is 0 Å². The van der Waals surface area contributed by atoms with Gasteiger partial charge in [-0.1, -0.05) is 57.6 Å². The van der Waals surface area contributed by atoms with Gasteiger partial charge in [-0.15, -0.1) is 0 Å². The predicted octanol–water partition coefficient (Wildman–Crippen LogP) is 5.57. The summed E-state index contributed by atoms with van der Waals surface area (Å²) in [6, 6.07) is 6.88. The van der Waals surface area contributed by atoms with Crippen LogP contribution in [-0.2, 0) is 16.0 Å². The van der Waals surface area contributed by atoms with Crippen molar-refractivity contribution in [3.63, 3.8) is 0 Å². The SMILES string of the molecule is CCCCC#CC(=O)C(C)OC(=O)c1ccc(-c2ncc(CCCCCC)cn2)cc1. The molecule has 0 aliphatic carbocycles. The van der Waals surface area contributed by atoms with Gasteiger partial charge in [0.15, 0.2) is 11.9 Å². The van der Waals surface area contributed by atoms with Gasteiger partial charge >= 0.3 is 5.97 Å². The number of aromatic nitrogens is 2. The number of nitrogens with zero attached hydrogens (tertiary/aromatic N) is 2. The van der Waals surface area contributed by atoms with E-state index in [9.17, 15) is 9.59 Å². The van der Waals surface area contributed by atoms with Crippen molar-refractivity contribution in [2.24, 2.45) is 0 Å². The number of esters is 1. The molecule has 0 aliphatic rings. The Morgan fingerprint density at radius 2 is 1.65 bits per heavy atom. The number of unbranched alkanes of at least 4 members (excludes halogenated alkanes) is 5. The van der Waals surface area contributed by atoms with E-state index in [1.165, 1.54) is 19.3 Å². The summed E-state index contributed by atoms with van der Waals surface area (Å²) in [6.45, 7) is 5.81. The van der Waals surface area contributed by atoms with Crippen LogP contribution in [0.2, 0.25) is 0 Å². The van der Waals surface area contributed by atoms with Crippen molar-refractivity contribution in [1.82, 2.24) is 9.97 Å². The number of carbonyl (C=O) groups is 2. The van der Waals surface area contributed by atoms with Gasteiger partial charge in [0.05, 0.1) is 5.56 Å². The van der Waals surface area contributed by atoms with E-state index in [2.05, 4.69) is 35.7 Å². The molecule has 0 saturated carbocycles. The maximum Gasteiger partial charge on any atom is 0.338 e. The second-order valence-electron chi connectivity index (χ2n) is 7.62. The van der Waals surface area contributed by atoms with Crippen molar-refractivity contribution in [3.05, 3.63) is 47.8 Å². The van der Waals surface area contributed by atoms with Crippen LogP contribution >= 0.6 is 0 Å². The monoisotopic (exact) mass is 420 g/mol. The quantitative estimate of drug-likeness (QED) is 0.206. The topological polar surface area (TPSA) is 69.2 Å². The number of rotatable bonds is 11. The zero-order chi connectivity index (χ0) is 22.5. The maximum absolute atomic E-state index is 12.3. The van der Waals surface area contributed by atoms with Crippen LogP contribution < -0.4 is 0 Å². The normalized spacial score (nSPS) is 11.3. The highest BCUT2D eigenvalue weighted by Gasteiger charge is 2.17. The Bertz CT molecular complexity index is 893. The lowest BCUT2D eigenvalue weighted by molar-refractivity contribution is -0.121. The Morgan fingerprint density at radius 1 is 0.968 bits per heavy atom. The summed E-state index contributed by atoms with van der Waals surface area (Å²) in [6.07, 6.45) is 11.3. The maximum atomic E-state index is 12.3. The van der Waals surface area contributed by atoms with Gasteiger partial charge in [-0.05, 0) is 49.8 Å². The third-order valence-corrected chi connectivity index (χ3v) is 4.92. The third kappa shape index (κ3) is 8.33. The average Bonchev–Trinajstić information content (AvgIpc) is 2.80. The highest BCUT2D eigenvalue weighted by Crippen LogP contribution is 2.17. The number of ether oxygens (including phenoxy) is 1. The zero-order valence-corrected chi connectivity index (χ0v) is 18.8. The number of benzene rings is 1. The number of Topliss-reactive ketones (excluding diaryl/α,β-unsaturated/α-hetero) is 1. The Kier molecular flexibility index (Phi) is 10.4. The molecule has 0 aliphatic heterocycles. The van der Waals surface area contributed by atoms with Gasteiger partial charge in [0.2, 0.25) is 5.78 Å². The smallest absolute Gasteiger partial charge is 0.338 e. The molecule has 1 atom stereocenters. The molecule has 1 aromatic heterocycles. The summed E-state index contributed by atoms with van der Waals surface area (Å²) in [5.41, 5.74) is 2.33. The molecule has 0 radical (unpaired) electrons. The molecule has 0 amide bonds. The number of aryl methyl sites for hydroxylation is 1. The Hall–Kier alpha value is -3.00. The van der Waals surface area contributed by atoms with Crippen molar-refractivity contribution >= 4 is 11.8 Å². The molecule has 0 bridgehead atoms. The van der Waals surface area contributed by atoms with E-state index in [1.54, 1.807) is 31.2 Å². The number of carbonyl (C=O) groups excluding carboxylic acids is 2. The molecule has 0 saturated heterocycles. The van der Waals surface area contributed by atoms with Gasteiger partial charge in [-0.2, -0.15) is 0 Å². The Labute approximate surface area is 185 Å². The molecule has 164 valence electrons. The summed E-state index contributed by atoms with van der Waals surface area (Å²) in [5, 5.41) is 0. The standard InChI is InChI=1S/C26H32N2O3/c1-4-6-8-10-12-21-18-27-25(28-19-21)22-14-16-23(17-15-22)26(30)31-20(3)24(29)13-11-9-7-5-2/h14-20H,4-10,12H2,1-3H3. The molecule has 0 fully saturated rings. The van der Waals surface area contributed by atoms with Gasteiger partial charge in [-0.25, -0.2) is 14.8 Å². The second-order valence-corrected chi connectivity index (χ2v) is 7.62. The fourth-order valence-corrected chi connectivity index (χ4v) is 2.94. The van der Waals surface area contributed by atoms with E-state index in [4.69, 9.17) is 4.74 Å². The van der Waals surface area contributed by atoms with Gasteiger partial charge < -0.3 is 4.74 Å². The van der Waals surface area contributed by atoms with E-state index < -0.39 is 12.1 Å². The molecular weight excluding hydrogens is 388 g/mol. The lowest BCUT2D eigenvalue weighted by Gasteiger charge is -2.09. The summed E-state index contributed by atoms with van der Waals surface area (Å²) >= 11 is 0. The van der Waals surface area contributed by atoms with Crippen LogP contribution in [0, 0.1) is 11.8 Å². The van der Waals surface area contributed by atoms with E-state index >= 15 is 0 Å². The van der Waals surface area contributed by atoms with Crippen LogP contribution in [0.1, 0.15) is 81.6 Å². The Morgan fingerprint density at radius 3 is 2.29 bits per heavy atom. The fourth-order valence-electron chi connectivity index (χ4n) is 2.94. The third-order valence-electron chi connectivity index (χ3n) is 4.92. The van der Waals surface area contributed by atoms with Crippen LogP contribution in [0.3, 0.4) is 0 Å². The van der Waals surface area contributed by atoms with E-state index in [0.29, 0.717) is 17.8 Å². The van der Waals surface area contributed by atoms with Crippen molar-refractivity contribution in [2.45, 2.75) is 78.2 Å². The number of hydrogen-bond donors (Lipinski definition) is 0. The molecule has 1 heterocycles. The van der Waals surface area contributed by atoms with Crippen LogP contribution in [0.5, 0.6) is 0 Å². The summed E-state index contributed by atoms with van der Waals surface area (Å²) in [4.78, 5) is 33.2. The first-order valence-corrected chi connectivity index (χ1v) is 11.2. The molecule has 0 N–H and O–H groups in total. The first-order chi connectivity index (χ1) is 15.0. The lowest BCUT2D eigenvalue weighted by Crippen LogP contribution is -2.23. The summed E-state index contributed by atoms with van der Waals surface area (Å²) < 4.78 is 5.25. The van der Waals surface area contributed by atoms with Gasteiger partial charge in [-0.3, -0.25) is 4.79 Å². The van der Waals surface area contributed by atoms with Gasteiger partial charge in [0.25, 0.3) is 0 Å². The first kappa shape index (κ1) is 24.3. The number of hydrogen-bond acceptors (Lipinski definition) is 5. The molecule has 2 rings (SSSR count). The van der Waals surface area contributed by atoms with Gasteiger partial charge in [0.1, 0.15) is 0 Å². The lowest BCUT2D eigenvalue weighted by atomic mass is 10.1. The minimum Gasteiger partial charge on any atom is -0.450 e. The zero-order valence-electron chi connectivity index (χ0n) is 18.8. The highest BCUT2D eigenvalue weighted by atomic mass is 16.5. The van der Waals surface area contributed by atoms with Crippen LogP contribution in [-0.4, -0.2) is 27.8 Å². The van der Waals surface area contributed by atoms with Gasteiger partial charge in [0, 0.05) is 24.4 Å². The first-order valence-electron chi connectivity index (χ1n) is 11.2. The molecule has 1 unspecified atom stereocenters. The highest BCUT2D eigenvalue weighted by molar-refractivity contribution is 6.01. The van der Waals surface area contributed by atoms with Crippen molar-refractivity contribution in [1.29, 1.82) is 0 Å². The minimum atomic E-state index is -0.894. The molecule has 0 spiro atoms. The average molecular weight is 421 g/mol. The Balaban J connectivity index is 1.91. The molecule has 31 heavy (non-hydrogen) atoms. The van der Waals surface area contributed by atoms with Crippen molar-refractivity contribution in [3.8, 4) is 23.2 Å². The van der Waals surface area contributed by atoms with Crippen LogP contribution in [0.25, 0.3) is 11.4 Å². The molecule has 1 aromatic carbocycles. The number of ketones is 1. The fraction of sp³-hybridized carbons (Fsp3) is 0.462. The largest absolute Gasteiger partial charge is 0.450 e. The van der Waals surface area contributed by atoms with E-state index in [-0.39, 0.29) is 5.78 Å². The second kappa shape index (κ2) is 13.3. The minimum absolute atomic E-state index is 0.370.